The summed E-state index contributed by atoms with van der Waals surface area (Å²) in [4.78, 5) is 14.2. The summed E-state index contributed by atoms with van der Waals surface area (Å²) in [7, 11) is 0. The van der Waals surface area contributed by atoms with Crippen LogP contribution in [0.2, 0.25) is 0 Å². The first kappa shape index (κ1) is 17.8. The summed E-state index contributed by atoms with van der Waals surface area (Å²) in [6, 6.07) is 8.79. The Morgan fingerprint density at radius 2 is 1.96 bits per heavy atom. The molecule has 2 aliphatic heterocycles. The van der Waals surface area contributed by atoms with Gasteiger partial charge in [-0.15, -0.1) is 11.8 Å². The fourth-order valence-corrected chi connectivity index (χ4v) is 4.57. The van der Waals surface area contributed by atoms with Crippen molar-refractivity contribution in [2.24, 2.45) is 5.92 Å². The van der Waals surface area contributed by atoms with Gasteiger partial charge in [-0.2, -0.15) is 0 Å². The van der Waals surface area contributed by atoms with Gasteiger partial charge in [0, 0.05) is 29.9 Å². The molecule has 1 amide bonds. The lowest BCUT2D eigenvalue weighted by Crippen LogP contribution is -2.53. The van der Waals surface area contributed by atoms with Gasteiger partial charge in [-0.1, -0.05) is 32.0 Å². The van der Waals surface area contributed by atoms with E-state index in [4.69, 9.17) is 4.74 Å². The highest BCUT2D eigenvalue weighted by molar-refractivity contribution is 7.99. The molecule has 2 heterocycles. The van der Waals surface area contributed by atoms with Crippen LogP contribution in [0.15, 0.2) is 29.2 Å². The number of thioether (sulfide) groups is 1. The van der Waals surface area contributed by atoms with Crippen molar-refractivity contribution in [1.82, 2.24) is 10.6 Å². The van der Waals surface area contributed by atoms with Crippen molar-refractivity contribution in [2.45, 2.75) is 56.1 Å². The number of nitrogens with one attached hydrogen (secondary N) is 2. The molecule has 0 unspecified atom stereocenters. The molecule has 2 aliphatic rings. The molecule has 2 N–H and O–H groups in total. The zero-order valence-corrected chi connectivity index (χ0v) is 15.4. The maximum absolute atomic E-state index is 12.9. The summed E-state index contributed by atoms with van der Waals surface area (Å²) >= 11 is 1.88. The van der Waals surface area contributed by atoms with Gasteiger partial charge in [0.1, 0.15) is 0 Å². The number of amides is 1. The first-order chi connectivity index (χ1) is 11.6. The van der Waals surface area contributed by atoms with Crippen LogP contribution in [0.1, 0.15) is 44.7 Å². The molecular formula is C19H28N2O2S. The van der Waals surface area contributed by atoms with Crippen LogP contribution in [0, 0.1) is 5.92 Å². The van der Waals surface area contributed by atoms with Crippen molar-refractivity contribution in [2.75, 3.05) is 19.0 Å². The summed E-state index contributed by atoms with van der Waals surface area (Å²) in [5.74, 6) is 1.45. The Balaban J connectivity index is 1.65. The third kappa shape index (κ3) is 4.32. The standard InChI is InChI=1S/C19H28N2O2S/c1-13(2)18(20-14-7-10-23-11-8-14)19(22)21-16-9-12-24-17-6-4-3-5-15(16)17/h3-6,13-14,16,18,20H,7-12H2,1-2H3,(H,21,22)/t16-,18+/m1/s1. The van der Waals surface area contributed by atoms with Gasteiger partial charge >= 0.3 is 0 Å². The minimum Gasteiger partial charge on any atom is -0.381 e. The summed E-state index contributed by atoms with van der Waals surface area (Å²) < 4.78 is 5.42. The molecule has 0 bridgehead atoms. The Morgan fingerprint density at radius 3 is 2.71 bits per heavy atom. The van der Waals surface area contributed by atoms with Gasteiger partial charge in [0.25, 0.3) is 0 Å². The van der Waals surface area contributed by atoms with Gasteiger partial charge in [0.2, 0.25) is 5.91 Å². The van der Waals surface area contributed by atoms with Gasteiger partial charge in [-0.05, 0) is 36.8 Å². The zero-order valence-electron chi connectivity index (χ0n) is 14.6. The number of hydrogen-bond acceptors (Lipinski definition) is 4. The largest absolute Gasteiger partial charge is 0.381 e. The second-order valence-electron chi connectivity index (χ2n) is 7.01. The molecule has 1 fully saturated rings. The number of rotatable bonds is 5. The van der Waals surface area contributed by atoms with Crippen molar-refractivity contribution < 1.29 is 9.53 Å². The molecule has 0 saturated carbocycles. The Labute approximate surface area is 149 Å². The van der Waals surface area contributed by atoms with E-state index in [0.29, 0.717) is 6.04 Å². The molecule has 3 rings (SSSR count). The molecule has 1 aromatic carbocycles. The van der Waals surface area contributed by atoms with Crippen LogP contribution in [0.5, 0.6) is 0 Å². The first-order valence-corrected chi connectivity index (χ1v) is 9.99. The minimum atomic E-state index is -0.144. The topological polar surface area (TPSA) is 50.4 Å². The predicted octanol–water partition coefficient (Wildman–Crippen LogP) is 3.13. The Kier molecular flexibility index (Phi) is 6.19. The summed E-state index contributed by atoms with van der Waals surface area (Å²) in [5, 5.41) is 6.87. The van der Waals surface area contributed by atoms with Gasteiger partial charge in [-0.3, -0.25) is 4.79 Å². The van der Waals surface area contributed by atoms with E-state index in [1.165, 1.54) is 10.5 Å². The van der Waals surface area contributed by atoms with E-state index in [1.807, 2.05) is 11.8 Å². The van der Waals surface area contributed by atoms with E-state index in [1.54, 1.807) is 0 Å². The quantitative estimate of drug-likeness (QED) is 0.858. The Morgan fingerprint density at radius 1 is 1.21 bits per heavy atom. The summed E-state index contributed by atoms with van der Waals surface area (Å²) in [6.45, 7) is 5.80. The molecule has 0 aromatic heterocycles. The monoisotopic (exact) mass is 348 g/mol. The van der Waals surface area contributed by atoms with Crippen LogP contribution in [0.25, 0.3) is 0 Å². The van der Waals surface area contributed by atoms with Crippen LogP contribution >= 0.6 is 11.8 Å². The molecule has 4 nitrogen and oxygen atoms in total. The number of carbonyl (C=O) groups is 1. The highest BCUT2D eigenvalue weighted by atomic mass is 32.2. The molecular weight excluding hydrogens is 320 g/mol. The van der Waals surface area contributed by atoms with E-state index >= 15 is 0 Å². The van der Waals surface area contributed by atoms with Crippen molar-refractivity contribution >= 4 is 17.7 Å². The van der Waals surface area contributed by atoms with Gasteiger partial charge in [0.15, 0.2) is 0 Å². The smallest absolute Gasteiger partial charge is 0.237 e. The molecule has 5 heteroatoms. The van der Waals surface area contributed by atoms with Crippen LogP contribution in [-0.4, -0.2) is 37.0 Å². The molecule has 24 heavy (non-hydrogen) atoms. The SMILES string of the molecule is CC(C)[C@H](NC1CCOCC1)C(=O)N[C@@H]1CCSc2ccccc21. The molecule has 0 radical (unpaired) electrons. The average molecular weight is 349 g/mol. The van der Waals surface area contributed by atoms with Gasteiger partial charge in [0.05, 0.1) is 12.1 Å². The van der Waals surface area contributed by atoms with Gasteiger partial charge in [-0.25, -0.2) is 0 Å². The molecule has 0 aliphatic carbocycles. The van der Waals surface area contributed by atoms with E-state index in [9.17, 15) is 4.79 Å². The molecule has 132 valence electrons. The van der Waals surface area contributed by atoms with Crippen molar-refractivity contribution in [3.8, 4) is 0 Å². The van der Waals surface area contributed by atoms with E-state index in [-0.39, 0.29) is 23.9 Å². The van der Waals surface area contributed by atoms with Crippen LogP contribution in [0.4, 0.5) is 0 Å². The van der Waals surface area contributed by atoms with Crippen LogP contribution < -0.4 is 10.6 Å². The van der Waals surface area contributed by atoms with Gasteiger partial charge < -0.3 is 15.4 Å². The molecule has 1 aromatic rings. The minimum absolute atomic E-state index is 0.128. The second kappa shape index (κ2) is 8.37. The fraction of sp³-hybridized carbons (Fsp3) is 0.632. The predicted molar refractivity (Wildman–Crippen MR) is 98.3 cm³/mol. The van der Waals surface area contributed by atoms with Crippen molar-refractivity contribution in [1.29, 1.82) is 0 Å². The fourth-order valence-electron chi connectivity index (χ4n) is 3.44. The lowest BCUT2D eigenvalue weighted by molar-refractivity contribution is -0.125. The lowest BCUT2D eigenvalue weighted by atomic mass is 9.98. The number of hydrogen-bond donors (Lipinski definition) is 2. The molecule has 2 atom stereocenters. The average Bonchev–Trinajstić information content (AvgIpc) is 2.60. The molecule has 1 saturated heterocycles. The third-order valence-corrected chi connectivity index (χ3v) is 5.98. The summed E-state index contributed by atoms with van der Waals surface area (Å²) in [6.07, 6.45) is 2.97. The lowest BCUT2D eigenvalue weighted by Gasteiger charge is -2.32. The first-order valence-electron chi connectivity index (χ1n) is 9.01. The Bertz CT molecular complexity index is 558. The Hall–Kier alpha value is -1.04. The second-order valence-corrected chi connectivity index (χ2v) is 8.15. The zero-order chi connectivity index (χ0) is 16.9. The third-order valence-electron chi connectivity index (χ3n) is 4.86. The maximum atomic E-state index is 12.9. The summed E-state index contributed by atoms with van der Waals surface area (Å²) in [5.41, 5.74) is 1.26. The van der Waals surface area contributed by atoms with Crippen molar-refractivity contribution in [3.63, 3.8) is 0 Å². The highest BCUT2D eigenvalue weighted by Crippen LogP contribution is 2.35. The maximum Gasteiger partial charge on any atom is 0.237 e. The van der Waals surface area contributed by atoms with E-state index < -0.39 is 0 Å². The van der Waals surface area contributed by atoms with E-state index in [2.05, 4.69) is 48.7 Å². The normalized spacial score (nSPS) is 22.9. The van der Waals surface area contributed by atoms with Crippen LogP contribution in [0.3, 0.4) is 0 Å². The highest BCUT2D eigenvalue weighted by Gasteiger charge is 2.29. The van der Waals surface area contributed by atoms with Crippen LogP contribution in [-0.2, 0) is 9.53 Å². The van der Waals surface area contributed by atoms with E-state index in [0.717, 1.165) is 38.2 Å². The molecule has 0 spiro atoms. The van der Waals surface area contributed by atoms with Crippen molar-refractivity contribution in [3.05, 3.63) is 29.8 Å². The number of fused-ring (bicyclic) bond motifs is 1. The number of benzene rings is 1. The number of carbonyl (C=O) groups excluding carboxylic acids is 1. The number of ether oxygens (including phenoxy) is 1.